The van der Waals surface area contributed by atoms with Crippen molar-refractivity contribution in [3.63, 3.8) is 0 Å². The van der Waals surface area contributed by atoms with Crippen molar-refractivity contribution in [1.82, 2.24) is 0 Å². The quantitative estimate of drug-likeness (QED) is 0.818. The minimum absolute atomic E-state index is 0. The van der Waals surface area contributed by atoms with E-state index in [0.717, 1.165) is 5.56 Å². The van der Waals surface area contributed by atoms with Crippen molar-refractivity contribution in [2.45, 2.75) is 19.4 Å². The molecule has 1 unspecified atom stereocenters. The molecule has 0 saturated carbocycles. The number of hydrogen-bond donors (Lipinski definition) is 1. The molecule has 0 aliphatic carbocycles. The first-order valence-electron chi connectivity index (χ1n) is 5.41. The molecule has 74 valence electrons. The van der Waals surface area contributed by atoms with Gasteiger partial charge in [0.25, 0.3) is 0 Å². The number of hydrogen-bond acceptors (Lipinski definition) is 2. The zero-order valence-electron chi connectivity index (χ0n) is 10.5. The molecule has 0 fully saturated rings. The zero-order chi connectivity index (χ0) is 11.5. The van der Waals surface area contributed by atoms with E-state index in [1.54, 1.807) is 12.1 Å². The highest BCUT2D eigenvalue weighted by atomic mass is 35.5. The average Bonchev–Trinajstić information content (AvgIpc) is 2.05. The molecular formula is C10H16ClNO. The summed E-state index contributed by atoms with van der Waals surface area (Å²) in [5, 5.41) is 0. The third kappa shape index (κ3) is 3.66. The van der Waals surface area contributed by atoms with Crippen LogP contribution in [-0.2, 0) is 6.42 Å². The predicted molar refractivity (Wildman–Crippen MR) is 57.6 cm³/mol. The van der Waals surface area contributed by atoms with E-state index >= 15 is 0 Å². The topological polar surface area (TPSA) is 35.2 Å². The van der Waals surface area contributed by atoms with Crippen LogP contribution in [0.2, 0.25) is 0 Å². The summed E-state index contributed by atoms with van der Waals surface area (Å²) in [6.07, 6.45) is 0.603. The van der Waals surface area contributed by atoms with Gasteiger partial charge in [-0.25, -0.2) is 0 Å². The minimum Gasteiger partial charge on any atom is -0.496 e. The lowest BCUT2D eigenvalue weighted by Crippen LogP contribution is -2.18. The van der Waals surface area contributed by atoms with Crippen LogP contribution in [0.4, 0.5) is 0 Å². The molecule has 1 rings (SSSR count). The Kier molecular flexibility index (Phi) is 3.44. The van der Waals surface area contributed by atoms with E-state index in [1.807, 2.05) is 19.1 Å². The Morgan fingerprint density at radius 2 is 2.23 bits per heavy atom. The Bertz CT molecular complexity index is 328. The van der Waals surface area contributed by atoms with E-state index in [1.165, 1.54) is 0 Å². The van der Waals surface area contributed by atoms with Crippen LogP contribution in [0.3, 0.4) is 0 Å². The highest BCUT2D eigenvalue weighted by Gasteiger charge is 2.02. The average molecular weight is 205 g/mol. The number of ether oxygens (including phenoxy) is 1. The number of para-hydroxylation sites is 1. The van der Waals surface area contributed by atoms with Gasteiger partial charge >= 0.3 is 0 Å². The van der Waals surface area contributed by atoms with Crippen molar-refractivity contribution in [3.05, 3.63) is 29.8 Å². The van der Waals surface area contributed by atoms with E-state index in [2.05, 4.69) is 0 Å². The molecule has 0 aromatic heterocycles. The summed E-state index contributed by atoms with van der Waals surface area (Å²) in [5.74, 6) is 0.384. The van der Waals surface area contributed by atoms with Gasteiger partial charge in [-0.2, -0.15) is 0 Å². The lowest BCUT2D eigenvalue weighted by molar-refractivity contribution is 0.408. The lowest BCUT2D eigenvalue weighted by atomic mass is 10.1. The van der Waals surface area contributed by atoms with Gasteiger partial charge in [0.2, 0.25) is 0 Å². The Morgan fingerprint density at radius 3 is 2.85 bits per heavy atom. The predicted octanol–water partition coefficient (Wildman–Crippen LogP) is 2.01. The van der Waals surface area contributed by atoms with Crippen LogP contribution in [0.1, 0.15) is 16.6 Å². The smallest absolute Gasteiger partial charge is 0.122 e. The Balaban J connectivity index is 0.00000225. The first-order valence-corrected chi connectivity index (χ1v) is 3.91. The van der Waals surface area contributed by atoms with Crippen molar-refractivity contribution in [2.24, 2.45) is 5.73 Å². The second kappa shape index (κ2) is 5.84. The van der Waals surface area contributed by atoms with Gasteiger partial charge in [0, 0.05) is 6.04 Å². The van der Waals surface area contributed by atoms with Crippen LogP contribution in [0, 0.1) is 0 Å². The van der Waals surface area contributed by atoms with E-state index < -0.39 is 7.04 Å². The summed E-state index contributed by atoms with van der Waals surface area (Å²) in [5.41, 5.74) is 6.48. The number of rotatable bonds is 3. The van der Waals surface area contributed by atoms with Crippen molar-refractivity contribution in [2.75, 3.05) is 7.04 Å². The number of nitrogens with two attached hydrogens (primary N) is 1. The van der Waals surface area contributed by atoms with Crippen LogP contribution in [0.5, 0.6) is 5.75 Å². The molecule has 1 aromatic carbocycles. The molecule has 1 atom stereocenters. The van der Waals surface area contributed by atoms with Crippen LogP contribution in [0.15, 0.2) is 24.3 Å². The number of methoxy groups -OCH3 is 1. The Hall–Kier alpha value is -0.730. The van der Waals surface area contributed by atoms with Gasteiger partial charge < -0.3 is 10.5 Å². The van der Waals surface area contributed by atoms with Crippen molar-refractivity contribution in [3.8, 4) is 5.75 Å². The maximum absolute atomic E-state index is 7.03. The molecule has 2 N–H and O–H groups in total. The Morgan fingerprint density at radius 1 is 1.54 bits per heavy atom. The molecular weight excluding hydrogens is 186 g/mol. The van der Waals surface area contributed by atoms with E-state index in [0.29, 0.717) is 12.2 Å². The fraction of sp³-hybridized carbons (Fsp3) is 0.400. The highest BCUT2D eigenvalue weighted by molar-refractivity contribution is 5.85. The summed E-state index contributed by atoms with van der Waals surface area (Å²) >= 11 is 0. The van der Waals surface area contributed by atoms with Crippen LogP contribution in [-0.4, -0.2) is 13.1 Å². The summed E-state index contributed by atoms with van der Waals surface area (Å²) in [6.45, 7) is 1.87. The second-order valence-electron chi connectivity index (χ2n) is 2.89. The first kappa shape index (κ1) is 7.65. The number of halogens is 1. The maximum Gasteiger partial charge on any atom is 0.122 e. The molecule has 0 saturated heterocycles. The van der Waals surface area contributed by atoms with E-state index in [-0.39, 0.29) is 18.4 Å². The van der Waals surface area contributed by atoms with Crippen molar-refractivity contribution >= 4 is 12.4 Å². The van der Waals surface area contributed by atoms with Crippen molar-refractivity contribution < 1.29 is 8.85 Å². The largest absolute Gasteiger partial charge is 0.496 e. The molecule has 0 heterocycles. The zero-order valence-corrected chi connectivity index (χ0v) is 8.30. The van der Waals surface area contributed by atoms with Gasteiger partial charge in [-0.15, -0.1) is 12.4 Å². The van der Waals surface area contributed by atoms with Crippen molar-refractivity contribution in [1.29, 1.82) is 0 Å². The summed E-state index contributed by atoms with van der Waals surface area (Å²) in [4.78, 5) is 0. The molecule has 1 aromatic rings. The fourth-order valence-electron chi connectivity index (χ4n) is 1.12. The summed E-state index contributed by atoms with van der Waals surface area (Å²) in [6, 6.07) is 7.02. The third-order valence-corrected chi connectivity index (χ3v) is 1.62. The van der Waals surface area contributed by atoms with Crippen LogP contribution < -0.4 is 10.5 Å². The van der Waals surface area contributed by atoms with Gasteiger partial charge in [0.05, 0.1) is 11.2 Å². The van der Waals surface area contributed by atoms with Gasteiger partial charge in [-0.05, 0) is 25.0 Å². The molecule has 0 radical (unpaired) electrons. The molecule has 0 aliphatic heterocycles. The molecule has 0 aliphatic rings. The Labute approximate surface area is 89.7 Å². The second-order valence-corrected chi connectivity index (χ2v) is 2.89. The molecule has 13 heavy (non-hydrogen) atoms. The molecule has 0 amide bonds. The number of benzene rings is 1. The molecule has 2 nitrogen and oxygen atoms in total. The van der Waals surface area contributed by atoms with Crippen LogP contribution >= 0.6 is 12.4 Å². The van der Waals surface area contributed by atoms with Gasteiger partial charge in [-0.1, -0.05) is 18.2 Å². The highest BCUT2D eigenvalue weighted by Crippen LogP contribution is 2.18. The molecule has 3 heteroatoms. The molecule has 0 spiro atoms. The SMILES string of the molecule is Cl.[2H]C([2H])([2H])Oc1ccccc1CC(C)N. The minimum atomic E-state index is -2.41. The summed E-state index contributed by atoms with van der Waals surface area (Å²) in [7, 11) is -2.41. The van der Waals surface area contributed by atoms with Gasteiger partial charge in [0.15, 0.2) is 0 Å². The van der Waals surface area contributed by atoms with E-state index in [9.17, 15) is 0 Å². The third-order valence-electron chi connectivity index (χ3n) is 1.62. The molecule has 0 bridgehead atoms. The first-order chi connectivity index (χ1) is 6.88. The van der Waals surface area contributed by atoms with Gasteiger partial charge in [-0.3, -0.25) is 0 Å². The lowest BCUT2D eigenvalue weighted by Gasteiger charge is -2.09. The van der Waals surface area contributed by atoms with Gasteiger partial charge in [0.1, 0.15) is 5.75 Å². The summed E-state index contributed by atoms with van der Waals surface area (Å²) < 4.78 is 26.0. The van der Waals surface area contributed by atoms with E-state index in [4.69, 9.17) is 14.6 Å². The maximum atomic E-state index is 7.03. The normalized spacial score (nSPS) is 16.0. The van der Waals surface area contributed by atoms with Crippen LogP contribution in [0.25, 0.3) is 0 Å². The standard InChI is InChI=1S/C10H15NO.ClH/c1-8(11)7-9-5-3-4-6-10(9)12-2;/h3-6,8H,7,11H2,1-2H3;1H/i2D3;. The fourth-order valence-corrected chi connectivity index (χ4v) is 1.12. The monoisotopic (exact) mass is 204 g/mol.